The van der Waals surface area contributed by atoms with Gasteiger partial charge in [-0.05, 0) is 24.3 Å². The van der Waals surface area contributed by atoms with Crippen LogP contribution in [0.2, 0.25) is 0 Å². The largest absolute Gasteiger partial charge is 0.449 e. The topological polar surface area (TPSA) is 65.8 Å². The number of halogens is 3. The summed E-state index contributed by atoms with van der Waals surface area (Å²) in [6.45, 7) is 3.81. The first-order valence-corrected chi connectivity index (χ1v) is 8.33. The van der Waals surface area contributed by atoms with E-state index in [1.165, 1.54) is 6.92 Å². The van der Waals surface area contributed by atoms with Crippen LogP contribution in [0, 0.1) is 0 Å². The molecule has 2 amide bonds. The second kappa shape index (κ2) is 7.34. The minimum atomic E-state index is -4.65. The van der Waals surface area contributed by atoms with Crippen LogP contribution in [0.3, 0.4) is 0 Å². The Bertz CT molecular complexity index is 840. The van der Waals surface area contributed by atoms with Crippen molar-refractivity contribution in [3.63, 3.8) is 0 Å². The molecule has 3 rings (SSSR count). The molecular weight excluding hydrogens is 363 g/mol. The van der Waals surface area contributed by atoms with E-state index in [1.54, 1.807) is 23.1 Å². The van der Waals surface area contributed by atoms with Gasteiger partial charge in [-0.15, -0.1) is 0 Å². The van der Waals surface area contributed by atoms with Crippen LogP contribution in [-0.2, 0) is 11.0 Å². The highest BCUT2D eigenvalue weighted by molar-refractivity contribution is 6.04. The number of furan rings is 1. The van der Waals surface area contributed by atoms with Crippen molar-refractivity contribution in [1.82, 2.24) is 4.90 Å². The average molecular weight is 381 g/mol. The van der Waals surface area contributed by atoms with Gasteiger partial charge in [0.2, 0.25) is 11.7 Å². The van der Waals surface area contributed by atoms with Crippen LogP contribution in [0.1, 0.15) is 23.2 Å². The molecule has 0 aliphatic carbocycles. The summed E-state index contributed by atoms with van der Waals surface area (Å²) in [7, 11) is 0. The fourth-order valence-electron chi connectivity index (χ4n) is 2.91. The zero-order valence-electron chi connectivity index (χ0n) is 14.5. The van der Waals surface area contributed by atoms with E-state index in [2.05, 4.69) is 9.73 Å². The van der Waals surface area contributed by atoms with E-state index in [-0.39, 0.29) is 5.91 Å². The Labute approximate surface area is 153 Å². The Morgan fingerprint density at radius 3 is 2.30 bits per heavy atom. The van der Waals surface area contributed by atoms with E-state index in [9.17, 15) is 22.8 Å². The van der Waals surface area contributed by atoms with Crippen LogP contribution in [0.15, 0.2) is 40.8 Å². The molecule has 0 unspecified atom stereocenters. The van der Waals surface area contributed by atoms with Gasteiger partial charge < -0.3 is 19.5 Å². The van der Waals surface area contributed by atoms with Crippen molar-refractivity contribution in [1.29, 1.82) is 0 Å². The number of carbonyl (C=O) groups excluding carboxylic acids is 2. The summed E-state index contributed by atoms with van der Waals surface area (Å²) in [6, 6.07) is 8.71. The first-order valence-electron chi connectivity index (χ1n) is 8.33. The Balaban J connectivity index is 1.74. The van der Waals surface area contributed by atoms with Gasteiger partial charge in [0.1, 0.15) is 0 Å². The first kappa shape index (κ1) is 18.8. The SMILES string of the molecule is CC(=O)N1CCN(c2ccccc2NC(=O)c2ccc(C(F)(F)F)o2)CC1. The molecule has 1 aliphatic rings. The molecule has 6 nitrogen and oxygen atoms in total. The summed E-state index contributed by atoms with van der Waals surface area (Å²) in [5.41, 5.74) is 1.19. The molecule has 1 aliphatic heterocycles. The van der Waals surface area contributed by atoms with E-state index in [0.29, 0.717) is 31.9 Å². The van der Waals surface area contributed by atoms with Gasteiger partial charge in [0.25, 0.3) is 5.91 Å². The predicted octanol–water partition coefficient (Wildman–Crippen LogP) is 3.22. The highest BCUT2D eigenvalue weighted by Crippen LogP contribution is 2.31. The number of hydrogen-bond donors (Lipinski definition) is 1. The lowest BCUT2D eigenvalue weighted by molar-refractivity contribution is -0.153. The minimum Gasteiger partial charge on any atom is -0.446 e. The van der Waals surface area contributed by atoms with Crippen LogP contribution >= 0.6 is 0 Å². The maximum atomic E-state index is 12.6. The number of piperazine rings is 1. The van der Waals surface area contributed by atoms with Crippen LogP contribution < -0.4 is 10.2 Å². The molecule has 27 heavy (non-hydrogen) atoms. The van der Waals surface area contributed by atoms with Gasteiger partial charge in [-0.1, -0.05) is 12.1 Å². The second-order valence-corrected chi connectivity index (χ2v) is 6.13. The summed E-state index contributed by atoms with van der Waals surface area (Å²) in [5, 5.41) is 2.60. The number of nitrogens with zero attached hydrogens (tertiary/aromatic N) is 2. The minimum absolute atomic E-state index is 0.00882. The van der Waals surface area contributed by atoms with Gasteiger partial charge in [0, 0.05) is 33.1 Å². The highest BCUT2D eigenvalue weighted by atomic mass is 19.4. The van der Waals surface area contributed by atoms with Crippen molar-refractivity contribution < 1.29 is 27.2 Å². The number of anilines is 2. The Morgan fingerprint density at radius 2 is 1.70 bits per heavy atom. The van der Waals surface area contributed by atoms with Gasteiger partial charge in [-0.25, -0.2) is 0 Å². The van der Waals surface area contributed by atoms with Gasteiger partial charge in [0.05, 0.1) is 11.4 Å². The lowest BCUT2D eigenvalue weighted by Crippen LogP contribution is -2.48. The third-order valence-electron chi connectivity index (χ3n) is 4.33. The normalized spacial score (nSPS) is 15.0. The molecule has 0 saturated carbocycles. The third kappa shape index (κ3) is 4.24. The van der Waals surface area contributed by atoms with E-state index in [4.69, 9.17) is 0 Å². The molecule has 1 N–H and O–H groups in total. The Kier molecular flexibility index (Phi) is 5.11. The molecule has 0 radical (unpaired) electrons. The lowest BCUT2D eigenvalue weighted by Gasteiger charge is -2.36. The Morgan fingerprint density at radius 1 is 1.04 bits per heavy atom. The molecule has 1 fully saturated rings. The van der Waals surface area contributed by atoms with E-state index in [1.807, 2.05) is 11.0 Å². The fourth-order valence-corrected chi connectivity index (χ4v) is 2.91. The summed E-state index contributed by atoms with van der Waals surface area (Å²) >= 11 is 0. The van der Waals surface area contributed by atoms with E-state index < -0.39 is 23.6 Å². The van der Waals surface area contributed by atoms with Crippen LogP contribution in [-0.4, -0.2) is 42.9 Å². The molecule has 1 aromatic heterocycles. The van der Waals surface area contributed by atoms with E-state index in [0.717, 1.165) is 17.8 Å². The standard InChI is InChI=1S/C18H18F3N3O3/c1-12(25)23-8-10-24(11-9-23)14-5-3-2-4-13(14)22-17(26)15-6-7-16(27-15)18(19,20)21/h2-7H,8-11H2,1H3,(H,22,26). The maximum absolute atomic E-state index is 12.6. The number of hydrogen-bond acceptors (Lipinski definition) is 4. The van der Waals surface area contributed by atoms with Crippen molar-refractivity contribution in [2.24, 2.45) is 0 Å². The smallest absolute Gasteiger partial charge is 0.446 e. The molecule has 2 heterocycles. The molecule has 0 atom stereocenters. The van der Waals surface area contributed by atoms with Crippen LogP contribution in [0.4, 0.5) is 24.5 Å². The number of nitrogens with one attached hydrogen (secondary N) is 1. The average Bonchev–Trinajstić information content (AvgIpc) is 3.13. The summed E-state index contributed by atoms with van der Waals surface area (Å²) in [5.74, 6) is -2.39. The van der Waals surface area contributed by atoms with Gasteiger partial charge >= 0.3 is 6.18 Å². The quantitative estimate of drug-likeness (QED) is 0.887. The van der Waals surface area contributed by atoms with Gasteiger partial charge in [-0.3, -0.25) is 9.59 Å². The summed E-state index contributed by atoms with van der Waals surface area (Å²) < 4.78 is 42.5. The number of rotatable bonds is 3. The van der Waals surface area contributed by atoms with Crippen LogP contribution in [0.25, 0.3) is 0 Å². The first-order chi connectivity index (χ1) is 12.8. The number of alkyl halides is 3. The molecule has 9 heteroatoms. The van der Waals surface area contributed by atoms with E-state index >= 15 is 0 Å². The molecular formula is C18H18F3N3O3. The monoisotopic (exact) mass is 381 g/mol. The van der Waals surface area contributed by atoms with Gasteiger partial charge in [-0.2, -0.15) is 13.2 Å². The fraction of sp³-hybridized carbons (Fsp3) is 0.333. The van der Waals surface area contributed by atoms with Crippen molar-refractivity contribution in [2.45, 2.75) is 13.1 Å². The zero-order valence-corrected chi connectivity index (χ0v) is 14.5. The third-order valence-corrected chi connectivity index (χ3v) is 4.33. The highest BCUT2D eigenvalue weighted by Gasteiger charge is 2.35. The molecule has 2 aromatic rings. The van der Waals surface area contributed by atoms with Gasteiger partial charge in [0.15, 0.2) is 5.76 Å². The molecule has 1 aromatic carbocycles. The second-order valence-electron chi connectivity index (χ2n) is 6.13. The van der Waals surface area contributed by atoms with Crippen molar-refractivity contribution in [3.8, 4) is 0 Å². The molecule has 1 saturated heterocycles. The maximum Gasteiger partial charge on any atom is 0.449 e. The molecule has 144 valence electrons. The number of benzene rings is 1. The summed E-state index contributed by atoms with van der Waals surface area (Å²) in [4.78, 5) is 27.5. The molecule has 0 spiro atoms. The number of amides is 2. The van der Waals surface area contributed by atoms with Crippen molar-refractivity contribution >= 4 is 23.2 Å². The Hall–Kier alpha value is -2.97. The number of para-hydroxylation sites is 2. The zero-order chi connectivity index (χ0) is 19.6. The predicted molar refractivity (Wildman–Crippen MR) is 92.6 cm³/mol. The van der Waals surface area contributed by atoms with Crippen molar-refractivity contribution in [2.75, 3.05) is 36.4 Å². The van der Waals surface area contributed by atoms with Crippen LogP contribution in [0.5, 0.6) is 0 Å². The van der Waals surface area contributed by atoms with Crippen molar-refractivity contribution in [3.05, 3.63) is 47.9 Å². The number of carbonyl (C=O) groups is 2. The lowest BCUT2D eigenvalue weighted by atomic mass is 10.2. The summed E-state index contributed by atoms with van der Waals surface area (Å²) in [6.07, 6.45) is -4.65. The molecule has 0 bridgehead atoms.